The third kappa shape index (κ3) is 1.97. The van der Waals surface area contributed by atoms with E-state index in [0.29, 0.717) is 16.5 Å². The maximum absolute atomic E-state index is 13.9. The summed E-state index contributed by atoms with van der Waals surface area (Å²) in [6.45, 7) is 5.85. The Labute approximate surface area is 99.2 Å². The summed E-state index contributed by atoms with van der Waals surface area (Å²) in [5.74, 6) is -1.62. The van der Waals surface area contributed by atoms with E-state index in [2.05, 4.69) is 0 Å². The lowest BCUT2D eigenvalue weighted by Gasteiger charge is -2.22. The van der Waals surface area contributed by atoms with E-state index in [0.717, 1.165) is 11.6 Å². The summed E-state index contributed by atoms with van der Waals surface area (Å²) in [5, 5.41) is 0.959. The Kier molecular flexibility index (Phi) is 2.57. The number of benzene rings is 2. The highest BCUT2D eigenvalue weighted by atomic mass is 19.2. The van der Waals surface area contributed by atoms with E-state index in [-0.39, 0.29) is 5.41 Å². The summed E-state index contributed by atoms with van der Waals surface area (Å²) in [4.78, 5) is 0. The van der Waals surface area contributed by atoms with Crippen LogP contribution in [0.4, 0.5) is 14.5 Å². The Morgan fingerprint density at radius 2 is 1.71 bits per heavy atom. The van der Waals surface area contributed by atoms with E-state index >= 15 is 0 Å². The molecule has 1 nitrogen and oxygen atoms in total. The number of fused-ring (bicyclic) bond motifs is 1. The van der Waals surface area contributed by atoms with Gasteiger partial charge in [-0.15, -0.1) is 0 Å². The molecule has 2 rings (SSSR count). The Morgan fingerprint density at radius 1 is 1.06 bits per heavy atom. The summed E-state index contributed by atoms with van der Waals surface area (Å²) in [5.41, 5.74) is 6.79. The molecule has 0 heterocycles. The van der Waals surface area contributed by atoms with Gasteiger partial charge >= 0.3 is 0 Å². The van der Waals surface area contributed by atoms with E-state index in [4.69, 9.17) is 5.73 Å². The van der Waals surface area contributed by atoms with Crippen molar-refractivity contribution in [3.63, 3.8) is 0 Å². The zero-order valence-corrected chi connectivity index (χ0v) is 10.1. The van der Waals surface area contributed by atoms with Crippen molar-refractivity contribution in [2.75, 3.05) is 5.73 Å². The molecule has 0 saturated carbocycles. The second-order valence-electron chi connectivity index (χ2n) is 5.28. The van der Waals surface area contributed by atoms with Gasteiger partial charge < -0.3 is 5.73 Å². The van der Waals surface area contributed by atoms with Crippen molar-refractivity contribution >= 4 is 16.5 Å². The average molecular weight is 235 g/mol. The van der Waals surface area contributed by atoms with Crippen molar-refractivity contribution in [1.29, 1.82) is 0 Å². The summed E-state index contributed by atoms with van der Waals surface area (Å²) in [7, 11) is 0. The van der Waals surface area contributed by atoms with Gasteiger partial charge in [-0.3, -0.25) is 0 Å². The van der Waals surface area contributed by atoms with Crippen LogP contribution in [0.5, 0.6) is 0 Å². The number of anilines is 1. The highest BCUT2D eigenvalue weighted by molar-refractivity contribution is 5.90. The van der Waals surface area contributed by atoms with Gasteiger partial charge in [-0.25, -0.2) is 8.78 Å². The van der Waals surface area contributed by atoms with Crippen LogP contribution in [0.3, 0.4) is 0 Å². The highest BCUT2D eigenvalue weighted by Crippen LogP contribution is 2.34. The topological polar surface area (TPSA) is 26.0 Å². The van der Waals surface area contributed by atoms with Crippen LogP contribution in [0.2, 0.25) is 0 Å². The minimum absolute atomic E-state index is 0.289. The van der Waals surface area contributed by atoms with Crippen LogP contribution < -0.4 is 5.73 Å². The van der Waals surface area contributed by atoms with Gasteiger partial charge in [0.1, 0.15) is 0 Å². The van der Waals surface area contributed by atoms with E-state index in [9.17, 15) is 8.78 Å². The predicted octanol–water partition coefficient (Wildman–Crippen LogP) is 4.00. The van der Waals surface area contributed by atoms with Crippen molar-refractivity contribution in [3.05, 3.63) is 41.5 Å². The first-order valence-corrected chi connectivity index (χ1v) is 5.48. The van der Waals surface area contributed by atoms with E-state index in [1.54, 1.807) is 18.2 Å². The van der Waals surface area contributed by atoms with Gasteiger partial charge in [-0.1, -0.05) is 26.8 Å². The number of nitrogen functional groups attached to an aromatic ring is 1. The van der Waals surface area contributed by atoms with E-state index < -0.39 is 11.6 Å². The highest BCUT2D eigenvalue weighted by Gasteiger charge is 2.21. The van der Waals surface area contributed by atoms with Crippen LogP contribution in [0.25, 0.3) is 10.8 Å². The number of nitrogens with two attached hydrogens (primary N) is 1. The molecular weight excluding hydrogens is 220 g/mol. The summed E-state index contributed by atoms with van der Waals surface area (Å²) >= 11 is 0. The average Bonchev–Trinajstić information content (AvgIpc) is 2.21. The standard InChI is InChI=1S/C14H15F2N/c1-14(2,3)10-7-9(17)6-8-4-5-11(15)13(16)12(8)10/h4-7H,17H2,1-3H3. The van der Waals surface area contributed by atoms with Crippen molar-refractivity contribution < 1.29 is 8.78 Å². The maximum Gasteiger partial charge on any atom is 0.166 e. The molecule has 0 aliphatic rings. The van der Waals surface area contributed by atoms with Gasteiger partial charge in [0.05, 0.1) is 0 Å². The summed E-state index contributed by atoms with van der Waals surface area (Å²) < 4.78 is 27.2. The molecule has 0 aliphatic carbocycles. The molecule has 0 radical (unpaired) electrons. The Hall–Kier alpha value is -1.64. The Balaban J connectivity index is 2.95. The molecule has 0 amide bonds. The molecule has 0 atom stereocenters. The van der Waals surface area contributed by atoms with Gasteiger partial charge in [0, 0.05) is 11.1 Å². The molecule has 0 fully saturated rings. The van der Waals surface area contributed by atoms with Crippen LogP contribution in [0.15, 0.2) is 24.3 Å². The zero-order chi connectivity index (χ0) is 12.8. The molecule has 0 saturated heterocycles. The molecule has 2 aromatic carbocycles. The largest absolute Gasteiger partial charge is 0.399 e. The van der Waals surface area contributed by atoms with E-state index in [1.807, 2.05) is 20.8 Å². The molecule has 0 unspecified atom stereocenters. The van der Waals surface area contributed by atoms with Crippen LogP contribution in [0.1, 0.15) is 26.3 Å². The fourth-order valence-corrected chi connectivity index (χ4v) is 2.01. The first-order chi connectivity index (χ1) is 7.80. The lowest BCUT2D eigenvalue weighted by atomic mass is 9.83. The molecule has 0 spiro atoms. The SMILES string of the molecule is CC(C)(C)c1cc(N)cc2ccc(F)c(F)c12. The van der Waals surface area contributed by atoms with Crippen LogP contribution in [-0.4, -0.2) is 0 Å². The quantitative estimate of drug-likeness (QED) is 0.686. The lowest BCUT2D eigenvalue weighted by molar-refractivity contribution is 0.513. The number of halogens is 2. The second-order valence-corrected chi connectivity index (χ2v) is 5.28. The smallest absolute Gasteiger partial charge is 0.166 e. The zero-order valence-electron chi connectivity index (χ0n) is 10.1. The normalized spacial score (nSPS) is 12.1. The fourth-order valence-electron chi connectivity index (χ4n) is 2.01. The lowest BCUT2D eigenvalue weighted by Crippen LogP contribution is -2.13. The number of hydrogen-bond acceptors (Lipinski definition) is 1. The van der Waals surface area contributed by atoms with Gasteiger partial charge in [-0.2, -0.15) is 0 Å². The second kappa shape index (κ2) is 3.69. The molecule has 0 aliphatic heterocycles. The molecular formula is C14H15F2N. The molecule has 0 aromatic heterocycles. The minimum Gasteiger partial charge on any atom is -0.399 e. The van der Waals surface area contributed by atoms with Gasteiger partial charge in [-0.05, 0) is 34.6 Å². The van der Waals surface area contributed by atoms with Crippen LogP contribution in [0, 0.1) is 11.6 Å². The van der Waals surface area contributed by atoms with Crippen molar-refractivity contribution in [2.24, 2.45) is 0 Å². The van der Waals surface area contributed by atoms with Crippen molar-refractivity contribution in [1.82, 2.24) is 0 Å². The first kappa shape index (κ1) is 11.8. The van der Waals surface area contributed by atoms with E-state index in [1.165, 1.54) is 0 Å². The van der Waals surface area contributed by atoms with Gasteiger partial charge in [0.2, 0.25) is 0 Å². The monoisotopic (exact) mass is 235 g/mol. The number of hydrogen-bond donors (Lipinski definition) is 1. The summed E-state index contributed by atoms with van der Waals surface area (Å²) in [6.07, 6.45) is 0. The number of rotatable bonds is 0. The predicted molar refractivity (Wildman–Crippen MR) is 67.0 cm³/mol. The maximum atomic E-state index is 13.9. The minimum atomic E-state index is -0.826. The molecule has 0 bridgehead atoms. The fraction of sp³-hybridized carbons (Fsp3) is 0.286. The van der Waals surface area contributed by atoms with Crippen LogP contribution >= 0.6 is 0 Å². The van der Waals surface area contributed by atoms with Gasteiger partial charge in [0.25, 0.3) is 0 Å². The van der Waals surface area contributed by atoms with Crippen molar-refractivity contribution in [2.45, 2.75) is 26.2 Å². The molecule has 2 aromatic rings. The van der Waals surface area contributed by atoms with Gasteiger partial charge in [0.15, 0.2) is 11.6 Å². The first-order valence-electron chi connectivity index (χ1n) is 5.48. The molecule has 90 valence electrons. The van der Waals surface area contributed by atoms with Crippen molar-refractivity contribution in [3.8, 4) is 0 Å². The van der Waals surface area contributed by atoms with Crippen LogP contribution in [-0.2, 0) is 5.41 Å². The molecule has 17 heavy (non-hydrogen) atoms. The Bertz CT molecular complexity index is 583. The summed E-state index contributed by atoms with van der Waals surface area (Å²) in [6, 6.07) is 6.06. The molecule has 3 heteroatoms. The Morgan fingerprint density at radius 3 is 2.29 bits per heavy atom. The third-order valence-corrected chi connectivity index (χ3v) is 2.84. The molecule has 2 N–H and O–H groups in total. The third-order valence-electron chi connectivity index (χ3n) is 2.84.